The summed E-state index contributed by atoms with van der Waals surface area (Å²) in [5.74, 6) is 0. The third kappa shape index (κ3) is 1.76. The fourth-order valence-corrected chi connectivity index (χ4v) is 4.09. The minimum Gasteiger partial charge on any atom is -0.318 e. The second kappa shape index (κ2) is 3.51. The van der Waals surface area contributed by atoms with Crippen LogP contribution in [0.5, 0.6) is 0 Å². The van der Waals surface area contributed by atoms with E-state index in [4.69, 9.17) is 0 Å². The van der Waals surface area contributed by atoms with Gasteiger partial charge in [0.25, 0.3) is 0 Å². The maximum absolute atomic E-state index is 12.4. The molecule has 1 atom stereocenters. The Kier molecular flexibility index (Phi) is 2.37. The highest BCUT2D eigenvalue weighted by Gasteiger charge is 2.23. The van der Waals surface area contributed by atoms with Crippen LogP contribution in [0.2, 0.25) is 0 Å². The molecule has 0 aliphatic carbocycles. The molecule has 0 bridgehead atoms. The molecular weight excluding hydrogens is 179 g/mol. The lowest BCUT2D eigenvalue weighted by atomic mass is 10.4. The van der Waals surface area contributed by atoms with Gasteiger partial charge < -0.3 is 4.57 Å². The van der Waals surface area contributed by atoms with Gasteiger partial charge in [0.2, 0.25) is 0 Å². The Morgan fingerprint density at radius 1 is 1.08 bits per heavy atom. The first-order chi connectivity index (χ1) is 6.31. The molecule has 1 nitrogen and oxygen atoms in total. The van der Waals surface area contributed by atoms with Crippen molar-refractivity contribution in [1.82, 2.24) is 0 Å². The summed E-state index contributed by atoms with van der Waals surface area (Å²) < 4.78 is 12.4. The summed E-state index contributed by atoms with van der Waals surface area (Å²) in [5, 5.41) is 1.04. The van der Waals surface area contributed by atoms with Gasteiger partial charge in [-0.1, -0.05) is 42.5 Å². The summed E-state index contributed by atoms with van der Waals surface area (Å²) in [6.45, 7) is 0. The van der Waals surface area contributed by atoms with Crippen LogP contribution in [0.1, 0.15) is 6.42 Å². The van der Waals surface area contributed by atoms with Crippen LogP contribution in [0.25, 0.3) is 0 Å². The molecular formula is C11H13OP. The molecule has 0 saturated carbocycles. The molecule has 0 aromatic heterocycles. The van der Waals surface area contributed by atoms with Gasteiger partial charge in [0.05, 0.1) is 0 Å². The molecule has 1 aliphatic rings. The smallest absolute Gasteiger partial charge is 0.119 e. The molecule has 2 rings (SSSR count). The van der Waals surface area contributed by atoms with E-state index in [-0.39, 0.29) is 0 Å². The van der Waals surface area contributed by atoms with Crippen molar-refractivity contribution >= 4 is 12.4 Å². The first kappa shape index (κ1) is 8.77. The Balaban J connectivity index is 2.35. The normalized spacial score (nSPS) is 27.4. The molecule has 68 valence electrons. The van der Waals surface area contributed by atoms with Gasteiger partial charge in [-0.05, 0) is 6.42 Å². The lowest BCUT2D eigenvalue weighted by Gasteiger charge is -2.19. The van der Waals surface area contributed by atoms with Crippen LogP contribution in [-0.4, -0.2) is 12.3 Å². The lowest BCUT2D eigenvalue weighted by Crippen LogP contribution is -2.11. The molecule has 0 amide bonds. The standard InChI is InChI=1S/C11H13OP/c12-13(9-5-2-6-10-13)11-7-3-1-4-8-11/h1-5,7-8H,6,9-10H2. The quantitative estimate of drug-likeness (QED) is 0.493. The third-order valence-corrected chi connectivity index (χ3v) is 5.47. The van der Waals surface area contributed by atoms with Crippen molar-refractivity contribution in [3.8, 4) is 0 Å². The Labute approximate surface area is 78.9 Å². The zero-order chi connectivity index (χ0) is 9.15. The number of hydrogen-bond donors (Lipinski definition) is 0. The fraction of sp³-hybridized carbons (Fsp3) is 0.273. The van der Waals surface area contributed by atoms with Crippen LogP contribution in [0.4, 0.5) is 0 Å². The Morgan fingerprint density at radius 2 is 1.85 bits per heavy atom. The van der Waals surface area contributed by atoms with E-state index in [0.717, 1.165) is 24.0 Å². The van der Waals surface area contributed by atoms with E-state index in [1.54, 1.807) is 0 Å². The topological polar surface area (TPSA) is 17.1 Å². The SMILES string of the molecule is O=P1(c2ccccc2)CC=CCC1. The van der Waals surface area contributed by atoms with Crippen molar-refractivity contribution in [2.75, 3.05) is 12.3 Å². The number of benzene rings is 1. The highest BCUT2D eigenvalue weighted by molar-refractivity contribution is 7.71. The number of hydrogen-bond acceptors (Lipinski definition) is 1. The van der Waals surface area contributed by atoms with Crippen LogP contribution < -0.4 is 5.30 Å². The number of rotatable bonds is 1. The predicted octanol–water partition coefficient (Wildman–Crippen LogP) is 2.63. The van der Waals surface area contributed by atoms with Gasteiger partial charge in [-0.3, -0.25) is 0 Å². The molecule has 13 heavy (non-hydrogen) atoms. The van der Waals surface area contributed by atoms with E-state index in [1.165, 1.54) is 0 Å². The van der Waals surface area contributed by atoms with Crippen molar-refractivity contribution in [3.63, 3.8) is 0 Å². The zero-order valence-corrected chi connectivity index (χ0v) is 8.41. The monoisotopic (exact) mass is 192 g/mol. The summed E-state index contributed by atoms with van der Waals surface area (Å²) >= 11 is 0. The molecule has 1 unspecified atom stereocenters. The maximum Gasteiger partial charge on any atom is 0.119 e. The summed E-state index contributed by atoms with van der Waals surface area (Å²) in [4.78, 5) is 0. The summed E-state index contributed by atoms with van der Waals surface area (Å²) in [7, 11) is -2.05. The second-order valence-electron chi connectivity index (χ2n) is 3.39. The average Bonchev–Trinajstić information content (AvgIpc) is 2.20. The van der Waals surface area contributed by atoms with Crippen LogP contribution in [0.15, 0.2) is 42.5 Å². The van der Waals surface area contributed by atoms with Gasteiger partial charge in [-0.25, -0.2) is 0 Å². The van der Waals surface area contributed by atoms with Crippen LogP contribution >= 0.6 is 7.14 Å². The Hall–Kier alpha value is -0.810. The van der Waals surface area contributed by atoms with Crippen molar-refractivity contribution < 1.29 is 4.57 Å². The van der Waals surface area contributed by atoms with Crippen molar-refractivity contribution in [2.24, 2.45) is 0 Å². The molecule has 1 aromatic carbocycles. The van der Waals surface area contributed by atoms with E-state index >= 15 is 0 Å². The lowest BCUT2D eigenvalue weighted by molar-refractivity contribution is 0.581. The Bertz CT molecular complexity index is 354. The largest absolute Gasteiger partial charge is 0.318 e. The molecule has 0 fully saturated rings. The maximum atomic E-state index is 12.4. The Morgan fingerprint density at radius 3 is 2.46 bits per heavy atom. The van der Waals surface area contributed by atoms with Crippen molar-refractivity contribution in [3.05, 3.63) is 42.5 Å². The summed E-state index contributed by atoms with van der Waals surface area (Å²) in [6.07, 6.45) is 6.73. The predicted molar refractivity (Wildman–Crippen MR) is 57.2 cm³/mol. The highest BCUT2D eigenvalue weighted by atomic mass is 31.2. The van der Waals surface area contributed by atoms with E-state index in [1.807, 2.05) is 30.3 Å². The van der Waals surface area contributed by atoms with Crippen LogP contribution in [0, 0.1) is 0 Å². The average molecular weight is 192 g/mol. The van der Waals surface area contributed by atoms with E-state index < -0.39 is 7.14 Å². The van der Waals surface area contributed by atoms with Gasteiger partial charge in [0.1, 0.15) is 7.14 Å². The summed E-state index contributed by atoms with van der Waals surface area (Å²) in [6, 6.07) is 9.87. The molecule has 0 radical (unpaired) electrons. The van der Waals surface area contributed by atoms with Crippen LogP contribution in [0.3, 0.4) is 0 Å². The molecule has 1 aliphatic heterocycles. The molecule has 2 heteroatoms. The first-order valence-electron chi connectivity index (χ1n) is 4.60. The molecule has 1 aromatic rings. The molecule has 0 N–H and O–H groups in total. The van der Waals surface area contributed by atoms with E-state index in [9.17, 15) is 4.57 Å². The zero-order valence-electron chi connectivity index (χ0n) is 7.52. The van der Waals surface area contributed by atoms with E-state index in [2.05, 4.69) is 12.2 Å². The highest BCUT2D eigenvalue weighted by Crippen LogP contribution is 2.46. The molecule has 0 spiro atoms. The van der Waals surface area contributed by atoms with Crippen LogP contribution in [-0.2, 0) is 4.57 Å². The first-order valence-corrected chi connectivity index (χ1v) is 6.68. The fourth-order valence-electron chi connectivity index (χ4n) is 1.67. The minimum absolute atomic E-state index is 0.747. The minimum atomic E-state index is -2.05. The van der Waals surface area contributed by atoms with Gasteiger partial charge in [0.15, 0.2) is 0 Å². The number of allylic oxidation sites excluding steroid dienone is 2. The van der Waals surface area contributed by atoms with Gasteiger partial charge >= 0.3 is 0 Å². The van der Waals surface area contributed by atoms with Gasteiger partial charge in [-0.2, -0.15) is 0 Å². The second-order valence-corrected chi connectivity index (χ2v) is 6.50. The van der Waals surface area contributed by atoms with E-state index in [0.29, 0.717) is 0 Å². The van der Waals surface area contributed by atoms with Crippen molar-refractivity contribution in [1.29, 1.82) is 0 Å². The van der Waals surface area contributed by atoms with Gasteiger partial charge in [0, 0.05) is 17.6 Å². The molecule has 1 heterocycles. The third-order valence-electron chi connectivity index (χ3n) is 2.45. The van der Waals surface area contributed by atoms with Gasteiger partial charge in [-0.15, -0.1) is 0 Å². The molecule has 0 saturated heterocycles. The van der Waals surface area contributed by atoms with Crippen molar-refractivity contribution in [2.45, 2.75) is 6.42 Å². The summed E-state index contributed by atoms with van der Waals surface area (Å²) in [5.41, 5.74) is 0.